The molecule has 3 aromatic rings. The number of nitrogens with one attached hydrogen (secondary N) is 2. The van der Waals surface area contributed by atoms with Crippen molar-refractivity contribution in [2.45, 2.75) is 107 Å². The zero-order valence-corrected chi connectivity index (χ0v) is 33.2. The summed E-state index contributed by atoms with van der Waals surface area (Å²) in [5.74, 6) is 0.340. The summed E-state index contributed by atoms with van der Waals surface area (Å²) in [4.78, 5) is 56.3. The highest BCUT2D eigenvalue weighted by molar-refractivity contribution is 6.00. The van der Waals surface area contributed by atoms with Crippen LogP contribution in [0.4, 0.5) is 16.2 Å². The van der Waals surface area contributed by atoms with Crippen molar-refractivity contribution < 1.29 is 23.9 Å². The van der Waals surface area contributed by atoms with E-state index in [0.717, 1.165) is 45.9 Å². The summed E-state index contributed by atoms with van der Waals surface area (Å²) in [6, 6.07) is 12.2. The van der Waals surface area contributed by atoms with E-state index >= 15 is 0 Å². The van der Waals surface area contributed by atoms with Gasteiger partial charge in [-0.1, -0.05) is 56.2 Å². The van der Waals surface area contributed by atoms with E-state index in [1.807, 2.05) is 64.2 Å². The van der Waals surface area contributed by atoms with E-state index in [2.05, 4.69) is 48.2 Å². The molecule has 0 bridgehead atoms. The number of hydrogen-bond donors (Lipinski definition) is 2. The molecule has 52 heavy (non-hydrogen) atoms. The molecular weight excluding hydrogens is 656 g/mol. The molecule has 2 N–H and O–H groups in total. The van der Waals surface area contributed by atoms with Crippen LogP contribution in [0, 0.1) is 20.8 Å². The van der Waals surface area contributed by atoms with Crippen LogP contribution in [0.15, 0.2) is 42.6 Å². The number of benzene rings is 2. The average Bonchev–Trinajstić information content (AvgIpc) is 3.11. The summed E-state index contributed by atoms with van der Waals surface area (Å²) in [7, 11) is 1.83. The number of hydrogen-bond acceptors (Lipinski definition) is 8. The number of ketones is 1. The first-order valence-corrected chi connectivity index (χ1v) is 18.6. The first kappa shape index (κ1) is 43.7. The number of amides is 3. The second kappa shape index (κ2) is 22.4. The van der Waals surface area contributed by atoms with Crippen molar-refractivity contribution in [3.8, 4) is 5.75 Å². The molecule has 1 fully saturated rings. The highest BCUT2D eigenvalue weighted by Crippen LogP contribution is 2.34. The van der Waals surface area contributed by atoms with Gasteiger partial charge in [0.15, 0.2) is 0 Å². The monoisotopic (exact) mass is 718 g/mol. The Morgan fingerprint density at radius 3 is 2.15 bits per heavy atom. The van der Waals surface area contributed by atoms with Gasteiger partial charge in [0.1, 0.15) is 11.5 Å². The molecule has 1 saturated heterocycles. The lowest BCUT2D eigenvalue weighted by Crippen LogP contribution is -2.50. The van der Waals surface area contributed by atoms with Crippen molar-refractivity contribution in [3.05, 3.63) is 59.3 Å². The van der Waals surface area contributed by atoms with Crippen molar-refractivity contribution in [3.63, 3.8) is 0 Å². The lowest BCUT2D eigenvalue weighted by molar-refractivity contribution is -0.132. The number of carbonyl (C=O) groups is 4. The second-order valence-electron chi connectivity index (χ2n) is 13.7. The maximum absolute atomic E-state index is 12.1. The minimum absolute atomic E-state index is 0.0237. The van der Waals surface area contributed by atoms with Crippen LogP contribution in [0.25, 0.3) is 10.9 Å². The smallest absolute Gasteiger partial charge is 0.317 e. The molecule has 0 saturated carbocycles. The van der Waals surface area contributed by atoms with Gasteiger partial charge in [-0.3, -0.25) is 19.4 Å². The molecule has 0 radical (unpaired) electrons. The molecule has 0 spiro atoms. The Hall–Kier alpha value is -4.51. The first-order chi connectivity index (χ1) is 24.8. The lowest BCUT2D eigenvalue weighted by atomic mass is 10.0. The fourth-order valence-electron chi connectivity index (χ4n) is 6.34. The van der Waals surface area contributed by atoms with Gasteiger partial charge in [-0.15, -0.1) is 0 Å². The summed E-state index contributed by atoms with van der Waals surface area (Å²) in [6.45, 7) is 21.5. The van der Waals surface area contributed by atoms with Gasteiger partial charge in [0.2, 0.25) is 6.41 Å². The number of aryl methyl sites for hydroxylation is 3. The largest absolute Gasteiger partial charge is 0.426 e. The van der Waals surface area contributed by atoms with Crippen molar-refractivity contribution >= 4 is 46.5 Å². The Bertz CT molecular complexity index is 1580. The highest BCUT2D eigenvalue weighted by atomic mass is 16.5. The van der Waals surface area contributed by atoms with E-state index in [4.69, 9.17) is 4.74 Å². The Balaban J connectivity index is 0.000000323. The van der Waals surface area contributed by atoms with Gasteiger partial charge in [0, 0.05) is 44.5 Å². The average molecular weight is 719 g/mol. The fraction of sp³-hybridized carbons (Fsp3) is 0.537. The number of fused-ring (bicyclic) bond motifs is 1. The number of urea groups is 1. The van der Waals surface area contributed by atoms with Gasteiger partial charge >= 0.3 is 12.0 Å². The van der Waals surface area contributed by atoms with Crippen molar-refractivity contribution in [1.82, 2.24) is 20.1 Å². The SMILES string of the molecule is CC(=O)Oc1c(C)cc(C)cc1C.CCCCN(CCC)C(C)C.CNc1c(N(C=O)C2CCN(C(=O)NCC(C)=O)CC2)cnc2ccccc12. The fourth-order valence-corrected chi connectivity index (χ4v) is 6.34. The van der Waals surface area contributed by atoms with Gasteiger partial charge in [0.25, 0.3) is 0 Å². The molecular formula is C41H62N6O5. The molecule has 4 rings (SSSR count). The number of ether oxygens (including phenoxy) is 1. The molecule has 11 nitrogen and oxygen atoms in total. The second-order valence-corrected chi connectivity index (χ2v) is 13.7. The van der Waals surface area contributed by atoms with Crippen LogP contribution in [-0.2, 0) is 14.4 Å². The minimum Gasteiger partial charge on any atom is -0.426 e. The third kappa shape index (κ3) is 13.6. The number of nitrogens with zero attached hydrogens (tertiary/aromatic N) is 4. The van der Waals surface area contributed by atoms with Crippen LogP contribution >= 0.6 is 0 Å². The van der Waals surface area contributed by atoms with Crippen molar-refractivity contribution in [2.75, 3.05) is 50.0 Å². The maximum Gasteiger partial charge on any atom is 0.317 e. The zero-order chi connectivity index (χ0) is 38.8. The number of esters is 1. The maximum atomic E-state index is 12.1. The molecule has 1 aliphatic rings. The van der Waals surface area contributed by atoms with E-state index in [9.17, 15) is 19.2 Å². The van der Waals surface area contributed by atoms with E-state index in [1.165, 1.54) is 51.8 Å². The number of aromatic nitrogens is 1. The summed E-state index contributed by atoms with van der Waals surface area (Å²) >= 11 is 0. The number of likely N-dealkylation sites (tertiary alicyclic amines) is 1. The number of anilines is 2. The van der Waals surface area contributed by atoms with Gasteiger partial charge in [-0.25, -0.2) is 4.79 Å². The van der Waals surface area contributed by atoms with Crippen molar-refractivity contribution in [1.29, 1.82) is 0 Å². The molecule has 1 aromatic heterocycles. The van der Waals surface area contributed by atoms with Crippen LogP contribution < -0.4 is 20.3 Å². The number of piperidine rings is 1. The Morgan fingerprint density at radius 1 is 1.00 bits per heavy atom. The van der Waals surface area contributed by atoms with Crippen LogP contribution in [0.5, 0.6) is 5.75 Å². The quantitative estimate of drug-likeness (QED) is 0.106. The number of rotatable bonds is 13. The van der Waals surface area contributed by atoms with Crippen LogP contribution in [-0.4, -0.2) is 90.8 Å². The topological polar surface area (TPSA) is 124 Å². The summed E-state index contributed by atoms with van der Waals surface area (Å²) < 4.78 is 5.09. The number of para-hydroxylation sites is 1. The molecule has 0 unspecified atom stereocenters. The van der Waals surface area contributed by atoms with Gasteiger partial charge in [-0.05, 0) is 97.5 Å². The third-order valence-electron chi connectivity index (χ3n) is 8.92. The molecule has 0 atom stereocenters. The predicted molar refractivity (Wildman–Crippen MR) is 212 cm³/mol. The van der Waals surface area contributed by atoms with Gasteiger partial charge < -0.3 is 30.1 Å². The van der Waals surface area contributed by atoms with Gasteiger partial charge in [0.05, 0.1) is 29.6 Å². The van der Waals surface area contributed by atoms with Crippen LogP contribution in [0.2, 0.25) is 0 Å². The molecule has 286 valence electrons. The molecule has 2 heterocycles. The number of carbonyl (C=O) groups excluding carboxylic acids is 4. The molecule has 11 heteroatoms. The Kier molecular flexibility index (Phi) is 18.8. The number of unbranched alkanes of at least 4 members (excludes halogenated alkanes) is 1. The number of Topliss-reactive ketones (excluding diaryl/α,β-unsaturated/α-hetero) is 1. The first-order valence-electron chi connectivity index (χ1n) is 18.6. The summed E-state index contributed by atoms with van der Waals surface area (Å²) in [5.41, 5.74) is 5.65. The van der Waals surface area contributed by atoms with E-state index in [0.29, 0.717) is 31.7 Å². The standard InChI is InChI=1S/C20H25N5O3.C11H14O2.C10H23N/c1-14(27)11-23-20(28)24-9-7-15(8-10-24)25(13-26)18-12-22-17-6-4-3-5-16(17)19(18)21-2;1-7-5-8(2)11(9(3)6-7)13-10(4)12;1-5-7-9-11(8-6-2)10(3)4/h3-6,12-13,15H,7-11H2,1-2H3,(H,21,22)(H,23,28);5-6H,1-4H3;10H,5-9H2,1-4H3. The molecule has 1 aliphatic heterocycles. The zero-order valence-electron chi connectivity index (χ0n) is 33.2. The normalized spacial score (nSPS) is 12.7. The highest BCUT2D eigenvalue weighted by Gasteiger charge is 2.29. The Labute approximate surface area is 311 Å². The molecule has 0 aliphatic carbocycles. The van der Waals surface area contributed by atoms with Gasteiger partial charge in [-0.2, -0.15) is 0 Å². The van der Waals surface area contributed by atoms with Crippen LogP contribution in [0.3, 0.4) is 0 Å². The lowest BCUT2D eigenvalue weighted by Gasteiger charge is -2.37. The predicted octanol–water partition coefficient (Wildman–Crippen LogP) is 7.45. The summed E-state index contributed by atoms with van der Waals surface area (Å²) in [6.07, 6.45) is 7.80. The van der Waals surface area contributed by atoms with E-state index in [1.54, 1.807) is 16.0 Å². The van der Waals surface area contributed by atoms with Crippen molar-refractivity contribution in [2.24, 2.45) is 0 Å². The minimum atomic E-state index is -0.268. The Morgan fingerprint density at radius 2 is 1.63 bits per heavy atom. The molecule has 3 amide bonds. The number of pyridine rings is 1. The van der Waals surface area contributed by atoms with E-state index in [-0.39, 0.29) is 30.4 Å². The van der Waals surface area contributed by atoms with E-state index < -0.39 is 0 Å². The van der Waals surface area contributed by atoms with Crippen LogP contribution in [0.1, 0.15) is 90.3 Å². The molecule has 2 aromatic carbocycles. The third-order valence-corrected chi connectivity index (χ3v) is 8.92. The summed E-state index contributed by atoms with van der Waals surface area (Å²) in [5, 5.41) is 6.77.